The van der Waals surface area contributed by atoms with Gasteiger partial charge in [0, 0.05) is 13.1 Å². The van der Waals surface area contributed by atoms with Gasteiger partial charge in [-0.15, -0.1) is 22.7 Å². The number of ether oxygens (including phenoxy) is 2. The van der Waals surface area contributed by atoms with Gasteiger partial charge in [0.15, 0.2) is 0 Å². The largest absolute Gasteiger partial charge is 0.459 e. The number of thiophene rings is 2. The molecule has 0 aliphatic carbocycles. The van der Waals surface area contributed by atoms with Gasteiger partial charge in [-0.05, 0) is 59.1 Å². The highest BCUT2D eigenvalue weighted by molar-refractivity contribution is 7.21. The number of aromatic nitrogens is 4. The van der Waals surface area contributed by atoms with Crippen LogP contribution in [0.1, 0.15) is 64.6 Å². The van der Waals surface area contributed by atoms with Crippen molar-refractivity contribution in [1.29, 1.82) is 0 Å². The van der Waals surface area contributed by atoms with Crippen molar-refractivity contribution in [2.24, 2.45) is 0 Å². The Morgan fingerprint density at radius 3 is 1.51 bits per heavy atom. The van der Waals surface area contributed by atoms with Crippen LogP contribution in [0.5, 0.6) is 0 Å². The summed E-state index contributed by atoms with van der Waals surface area (Å²) in [5, 5.41) is 0.802. The summed E-state index contributed by atoms with van der Waals surface area (Å²) in [5.74, 6) is -0.930. The van der Waals surface area contributed by atoms with E-state index in [1.54, 1.807) is 41.5 Å². The molecule has 0 amide bonds. The number of rotatable bonds is 8. The van der Waals surface area contributed by atoms with Crippen LogP contribution in [0.4, 0.5) is 0 Å². The average molecular weight is 545 g/mol. The summed E-state index contributed by atoms with van der Waals surface area (Å²) in [6, 6.07) is 0. The van der Waals surface area contributed by atoms with Crippen molar-refractivity contribution in [2.75, 3.05) is 0 Å². The average Bonchev–Trinajstić information content (AvgIpc) is 3.33. The highest BCUT2D eigenvalue weighted by Crippen LogP contribution is 2.29. The van der Waals surface area contributed by atoms with Crippen LogP contribution in [-0.4, -0.2) is 43.2 Å². The maximum atomic E-state index is 13.1. The molecule has 0 aliphatic heterocycles. The number of nitrogens with zero attached hydrogens (tertiary/aromatic N) is 4. The summed E-state index contributed by atoms with van der Waals surface area (Å²) in [4.78, 5) is 61.5. The molecule has 0 saturated heterocycles. The summed E-state index contributed by atoms with van der Waals surface area (Å²) >= 11 is 2.29. The molecule has 0 aromatic carbocycles. The molecule has 0 spiro atoms. The topological polar surface area (TPSA) is 122 Å². The molecular formula is C25H28N4O6S2. The van der Waals surface area contributed by atoms with Crippen LogP contribution < -0.4 is 11.1 Å². The molecule has 4 aromatic heterocycles. The van der Waals surface area contributed by atoms with E-state index in [1.165, 1.54) is 21.8 Å². The van der Waals surface area contributed by atoms with Crippen molar-refractivity contribution in [3.05, 3.63) is 54.2 Å². The lowest BCUT2D eigenvalue weighted by atomic mass is 10.2. The van der Waals surface area contributed by atoms with Crippen molar-refractivity contribution in [3.8, 4) is 0 Å². The van der Waals surface area contributed by atoms with E-state index < -0.39 is 11.9 Å². The fourth-order valence-electron chi connectivity index (χ4n) is 3.97. The van der Waals surface area contributed by atoms with E-state index in [1.807, 2.05) is 0 Å². The summed E-state index contributed by atoms with van der Waals surface area (Å²) < 4.78 is 13.5. The maximum Gasteiger partial charge on any atom is 0.348 e. The zero-order chi connectivity index (χ0) is 27.0. The standard InChI is InChI=1S/C25H28N4O6S2/c1-12(2)34-24(32)18-14(5)16-20(36-18)26-10-28(22(16)30)8-7-9-29-11-27-21-17(23(29)31)15(6)19(37-21)25(33)35-13(3)4/h10-13H,7-9H2,1-6H3. The zero-order valence-electron chi connectivity index (χ0n) is 21.5. The van der Waals surface area contributed by atoms with Crippen LogP contribution in [0.2, 0.25) is 0 Å². The molecule has 4 aromatic rings. The molecule has 4 heterocycles. The van der Waals surface area contributed by atoms with Crippen LogP contribution >= 0.6 is 22.7 Å². The third-order valence-corrected chi connectivity index (χ3v) is 8.05. The Morgan fingerprint density at radius 2 is 1.16 bits per heavy atom. The predicted octanol–water partition coefficient (Wildman–Crippen LogP) is 4.07. The van der Waals surface area contributed by atoms with Gasteiger partial charge in [-0.1, -0.05) is 0 Å². The maximum absolute atomic E-state index is 13.1. The number of hydrogen-bond acceptors (Lipinski definition) is 10. The van der Waals surface area contributed by atoms with Crippen molar-refractivity contribution in [1.82, 2.24) is 19.1 Å². The van der Waals surface area contributed by atoms with Gasteiger partial charge < -0.3 is 9.47 Å². The Labute approximate surface area is 220 Å². The molecule has 4 rings (SSSR count). The summed E-state index contributed by atoms with van der Waals surface area (Å²) in [6.45, 7) is 11.2. The Kier molecular flexibility index (Phi) is 7.60. The monoisotopic (exact) mass is 544 g/mol. The molecule has 10 nitrogen and oxygen atoms in total. The second-order valence-electron chi connectivity index (χ2n) is 9.22. The van der Waals surface area contributed by atoms with Crippen LogP contribution in [-0.2, 0) is 22.6 Å². The number of carbonyl (C=O) groups excluding carboxylic acids is 2. The van der Waals surface area contributed by atoms with Crippen molar-refractivity contribution in [2.45, 2.75) is 73.3 Å². The van der Waals surface area contributed by atoms with Crippen LogP contribution in [0, 0.1) is 13.8 Å². The minimum Gasteiger partial charge on any atom is -0.459 e. The van der Waals surface area contributed by atoms with Crippen LogP contribution in [0.25, 0.3) is 20.4 Å². The van der Waals surface area contributed by atoms with Gasteiger partial charge in [0.25, 0.3) is 11.1 Å². The second kappa shape index (κ2) is 10.5. The molecule has 0 radical (unpaired) electrons. The number of hydrogen-bond donors (Lipinski definition) is 0. The van der Waals surface area contributed by atoms with Crippen molar-refractivity contribution < 1.29 is 19.1 Å². The minimum absolute atomic E-state index is 0.245. The highest BCUT2D eigenvalue weighted by atomic mass is 32.1. The lowest BCUT2D eigenvalue weighted by Gasteiger charge is -2.08. The lowest BCUT2D eigenvalue weighted by Crippen LogP contribution is -2.24. The summed E-state index contributed by atoms with van der Waals surface area (Å²) in [6.07, 6.45) is 2.85. The molecule has 0 atom stereocenters. The molecule has 0 N–H and O–H groups in total. The normalized spacial score (nSPS) is 11.7. The molecule has 12 heteroatoms. The van der Waals surface area contributed by atoms with Gasteiger partial charge in [0.2, 0.25) is 0 Å². The van der Waals surface area contributed by atoms with Crippen LogP contribution in [0.3, 0.4) is 0 Å². The molecule has 0 bridgehead atoms. The highest BCUT2D eigenvalue weighted by Gasteiger charge is 2.22. The molecule has 0 unspecified atom stereocenters. The first-order chi connectivity index (χ1) is 17.5. The fraction of sp³-hybridized carbons (Fsp3) is 0.440. The van der Waals surface area contributed by atoms with E-state index >= 15 is 0 Å². The number of carbonyl (C=O) groups is 2. The quantitative estimate of drug-likeness (QED) is 0.304. The smallest absolute Gasteiger partial charge is 0.348 e. The lowest BCUT2D eigenvalue weighted by molar-refractivity contribution is 0.0372. The van der Waals surface area contributed by atoms with E-state index in [-0.39, 0.29) is 23.3 Å². The van der Waals surface area contributed by atoms with Gasteiger partial charge in [0.1, 0.15) is 19.4 Å². The third-order valence-electron chi connectivity index (χ3n) is 5.69. The van der Waals surface area contributed by atoms with E-state index in [0.29, 0.717) is 60.8 Å². The number of esters is 2. The van der Waals surface area contributed by atoms with Crippen molar-refractivity contribution >= 4 is 55.0 Å². The first kappa shape index (κ1) is 26.7. The Morgan fingerprint density at radius 1 is 0.784 bits per heavy atom. The second-order valence-corrected chi connectivity index (χ2v) is 11.2. The van der Waals surface area contributed by atoms with Gasteiger partial charge in [0.05, 0.1) is 35.6 Å². The first-order valence-corrected chi connectivity index (χ1v) is 13.5. The summed E-state index contributed by atoms with van der Waals surface area (Å²) in [5.41, 5.74) is 0.627. The molecular weight excluding hydrogens is 516 g/mol. The van der Waals surface area contributed by atoms with E-state index in [2.05, 4.69) is 9.97 Å². The Hall–Kier alpha value is -3.38. The minimum atomic E-state index is -0.465. The first-order valence-electron chi connectivity index (χ1n) is 11.9. The van der Waals surface area contributed by atoms with E-state index in [0.717, 1.165) is 22.7 Å². The number of fused-ring (bicyclic) bond motifs is 2. The molecule has 37 heavy (non-hydrogen) atoms. The van der Waals surface area contributed by atoms with Gasteiger partial charge in [-0.25, -0.2) is 19.6 Å². The molecule has 0 aliphatic rings. The molecule has 0 fully saturated rings. The molecule has 196 valence electrons. The van der Waals surface area contributed by atoms with Crippen LogP contribution in [0.15, 0.2) is 22.2 Å². The Bertz CT molecular complexity index is 1510. The SMILES string of the molecule is Cc1c(C(=O)OC(C)C)sc2ncn(CCCn3cnc4sc(C(=O)OC(C)C)c(C)c4c3=O)c(=O)c12. The molecule has 0 saturated carbocycles. The van der Waals surface area contributed by atoms with Gasteiger partial charge in [-0.2, -0.15) is 0 Å². The third kappa shape index (κ3) is 5.21. The van der Waals surface area contributed by atoms with Gasteiger partial charge >= 0.3 is 11.9 Å². The predicted molar refractivity (Wildman–Crippen MR) is 143 cm³/mol. The van der Waals surface area contributed by atoms with E-state index in [4.69, 9.17) is 9.47 Å². The Balaban J connectivity index is 1.55. The summed E-state index contributed by atoms with van der Waals surface area (Å²) in [7, 11) is 0. The zero-order valence-corrected chi connectivity index (χ0v) is 23.1. The van der Waals surface area contributed by atoms with Crippen molar-refractivity contribution in [3.63, 3.8) is 0 Å². The van der Waals surface area contributed by atoms with E-state index in [9.17, 15) is 19.2 Å². The van der Waals surface area contributed by atoms with Gasteiger partial charge in [-0.3, -0.25) is 18.7 Å². The fourth-order valence-corrected chi connectivity index (χ4v) is 6.02. The number of aryl methyl sites for hydroxylation is 4.